The maximum Gasteiger partial charge on any atom is 0.189 e. The third kappa shape index (κ3) is 4.41. The number of fused-ring (bicyclic) bond motifs is 1. The third-order valence-corrected chi connectivity index (χ3v) is 5.05. The van der Waals surface area contributed by atoms with E-state index in [0.29, 0.717) is 17.9 Å². The van der Waals surface area contributed by atoms with Crippen molar-refractivity contribution in [3.8, 4) is 5.75 Å². The van der Waals surface area contributed by atoms with Gasteiger partial charge in [0.1, 0.15) is 5.75 Å². The highest BCUT2D eigenvalue weighted by Gasteiger charge is 2.12. The van der Waals surface area contributed by atoms with Crippen LogP contribution in [0.1, 0.15) is 10.4 Å². The molecule has 0 saturated carbocycles. The van der Waals surface area contributed by atoms with Crippen molar-refractivity contribution in [2.75, 3.05) is 13.4 Å². The maximum atomic E-state index is 11.3. The van der Waals surface area contributed by atoms with Gasteiger partial charge in [-0.1, -0.05) is 50.0 Å². The summed E-state index contributed by atoms with van der Waals surface area (Å²) < 4.78 is 11.1. The first-order chi connectivity index (χ1) is 10.0. The van der Waals surface area contributed by atoms with Crippen LogP contribution in [0.5, 0.6) is 5.75 Å². The smallest absolute Gasteiger partial charge is 0.189 e. The van der Waals surface area contributed by atoms with Crippen molar-refractivity contribution in [1.29, 1.82) is 0 Å². The first-order valence-corrected chi connectivity index (χ1v) is 10.9. The summed E-state index contributed by atoms with van der Waals surface area (Å²) in [6.45, 7) is 7.82. The van der Waals surface area contributed by atoms with Crippen molar-refractivity contribution in [1.82, 2.24) is 0 Å². The average molecular weight is 302 g/mol. The second-order valence-corrected chi connectivity index (χ2v) is 11.9. The molecule has 21 heavy (non-hydrogen) atoms. The van der Waals surface area contributed by atoms with Crippen LogP contribution >= 0.6 is 0 Å². The fourth-order valence-electron chi connectivity index (χ4n) is 2.07. The number of benzene rings is 2. The molecule has 0 aliphatic rings. The Hall–Kier alpha value is -1.65. The number of hydrogen-bond donors (Lipinski definition) is 0. The lowest BCUT2D eigenvalue weighted by atomic mass is 10.0. The van der Waals surface area contributed by atoms with Crippen LogP contribution < -0.4 is 4.74 Å². The minimum absolute atomic E-state index is 0.184. The second kappa shape index (κ2) is 6.87. The fraction of sp³-hybridized carbons (Fsp3) is 0.353. The van der Waals surface area contributed by atoms with Crippen molar-refractivity contribution < 1.29 is 14.3 Å². The van der Waals surface area contributed by atoms with Crippen molar-refractivity contribution >= 4 is 25.1 Å². The number of ether oxygens (including phenoxy) is 2. The topological polar surface area (TPSA) is 35.5 Å². The predicted octanol–water partition coefficient (Wildman–Crippen LogP) is 4.34. The molecule has 0 amide bonds. The molecule has 2 rings (SSSR count). The molecule has 0 aliphatic carbocycles. The number of hydrogen-bond acceptors (Lipinski definition) is 3. The second-order valence-electron chi connectivity index (χ2n) is 6.30. The Morgan fingerprint density at radius 3 is 2.57 bits per heavy atom. The predicted molar refractivity (Wildman–Crippen MR) is 88.9 cm³/mol. The molecule has 0 unspecified atom stereocenters. The quantitative estimate of drug-likeness (QED) is 0.330. The Kier molecular flexibility index (Phi) is 5.15. The molecule has 0 aromatic heterocycles. The molecule has 0 spiro atoms. The highest BCUT2D eigenvalue weighted by Crippen LogP contribution is 2.26. The molecular weight excluding hydrogens is 280 g/mol. The zero-order valence-electron chi connectivity index (χ0n) is 12.9. The van der Waals surface area contributed by atoms with Gasteiger partial charge < -0.3 is 9.47 Å². The van der Waals surface area contributed by atoms with Gasteiger partial charge in [-0.2, -0.15) is 0 Å². The summed E-state index contributed by atoms with van der Waals surface area (Å²) in [6, 6.07) is 12.7. The van der Waals surface area contributed by atoms with Crippen LogP contribution in [-0.2, 0) is 4.74 Å². The van der Waals surface area contributed by atoms with Crippen LogP contribution in [0.4, 0.5) is 0 Å². The number of carbonyl (C=O) groups is 1. The van der Waals surface area contributed by atoms with E-state index >= 15 is 0 Å². The lowest BCUT2D eigenvalue weighted by Crippen LogP contribution is -2.22. The van der Waals surface area contributed by atoms with Crippen LogP contribution in [0, 0.1) is 0 Å². The van der Waals surface area contributed by atoms with Crippen LogP contribution in [-0.4, -0.2) is 27.8 Å². The molecular formula is C17H22O3Si. The molecule has 112 valence electrons. The molecule has 0 saturated heterocycles. The van der Waals surface area contributed by atoms with Crippen molar-refractivity contribution in [3.05, 3.63) is 42.0 Å². The van der Waals surface area contributed by atoms with Gasteiger partial charge in [0, 0.05) is 14.7 Å². The van der Waals surface area contributed by atoms with Gasteiger partial charge in [-0.25, -0.2) is 0 Å². The Balaban J connectivity index is 2.00. The van der Waals surface area contributed by atoms with Crippen molar-refractivity contribution in [2.24, 2.45) is 0 Å². The van der Waals surface area contributed by atoms with E-state index in [2.05, 4.69) is 19.6 Å². The number of rotatable bonds is 7. The lowest BCUT2D eigenvalue weighted by molar-refractivity contribution is 0.0218. The van der Waals surface area contributed by atoms with Gasteiger partial charge in [-0.15, -0.1) is 0 Å². The highest BCUT2D eigenvalue weighted by atomic mass is 28.3. The van der Waals surface area contributed by atoms with E-state index in [-0.39, 0.29) is 6.79 Å². The number of aldehydes is 1. The summed E-state index contributed by atoms with van der Waals surface area (Å²) in [6.07, 6.45) is 0.847. The summed E-state index contributed by atoms with van der Waals surface area (Å²) in [5.74, 6) is 0.580. The minimum Gasteiger partial charge on any atom is -0.467 e. The van der Waals surface area contributed by atoms with Crippen LogP contribution in [0.15, 0.2) is 36.4 Å². The van der Waals surface area contributed by atoms with Gasteiger partial charge >= 0.3 is 0 Å². The zero-order chi connectivity index (χ0) is 15.3. The van der Waals surface area contributed by atoms with Gasteiger partial charge in [0.2, 0.25) is 0 Å². The molecule has 4 heteroatoms. The normalized spacial score (nSPS) is 11.6. The maximum absolute atomic E-state index is 11.3. The van der Waals surface area contributed by atoms with E-state index in [9.17, 15) is 4.79 Å². The van der Waals surface area contributed by atoms with E-state index < -0.39 is 8.07 Å². The van der Waals surface area contributed by atoms with Gasteiger partial charge in [0.05, 0.1) is 5.56 Å². The summed E-state index contributed by atoms with van der Waals surface area (Å²) in [4.78, 5) is 11.3. The van der Waals surface area contributed by atoms with E-state index in [1.54, 1.807) is 0 Å². The van der Waals surface area contributed by atoms with Gasteiger partial charge in [-0.05, 0) is 22.9 Å². The molecule has 0 heterocycles. The monoisotopic (exact) mass is 302 g/mol. The Bertz CT molecular complexity index is 617. The Morgan fingerprint density at radius 2 is 1.86 bits per heavy atom. The van der Waals surface area contributed by atoms with Gasteiger partial charge in [0.15, 0.2) is 13.1 Å². The van der Waals surface area contributed by atoms with E-state index in [1.165, 1.54) is 0 Å². The van der Waals surface area contributed by atoms with Crippen molar-refractivity contribution in [2.45, 2.75) is 25.7 Å². The number of carbonyl (C=O) groups excluding carboxylic acids is 1. The molecule has 2 aromatic carbocycles. The molecule has 0 atom stereocenters. The first-order valence-electron chi connectivity index (χ1n) is 7.19. The van der Waals surface area contributed by atoms with E-state index in [0.717, 1.165) is 23.1 Å². The van der Waals surface area contributed by atoms with E-state index in [4.69, 9.17) is 9.47 Å². The van der Waals surface area contributed by atoms with Crippen LogP contribution in [0.2, 0.25) is 25.7 Å². The first kappa shape index (κ1) is 15.7. The summed E-state index contributed by atoms with van der Waals surface area (Å²) in [5, 5.41) is 1.94. The average Bonchev–Trinajstić information content (AvgIpc) is 2.45. The molecule has 0 bridgehead atoms. The van der Waals surface area contributed by atoms with Gasteiger partial charge in [-0.3, -0.25) is 4.79 Å². The highest BCUT2D eigenvalue weighted by molar-refractivity contribution is 6.76. The third-order valence-electron chi connectivity index (χ3n) is 3.34. The molecule has 3 nitrogen and oxygen atoms in total. The van der Waals surface area contributed by atoms with Crippen molar-refractivity contribution in [3.63, 3.8) is 0 Å². The Labute approximate surface area is 126 Å². The summed E-state index contributed by atoms with van der Waals surface area (Å²) in [5.41, 5.74) is 0.585. The zero-order valence-corrected chi connectivity index (χ0v) is 13.9. The molecule has 0 aliphatic heterocycles. The molecule has 0 fully saturated rings. The molecule has 0 N–H and O–H groups in total. The van der Waals surface area contributed by atoms with Gasteiger partial charge in [0.25, 0.3) is 0 Å². The summed E-state index contributed by atoms with van der Waals surface area (Å²) >= 11 is 0. The van der Waals surface area contributed by atoms with Crippen LogP contribution in [0.25, 0.3) is 10.8 Å². The van der Waals surface area contributed by atoms with Crippen LogP contribution in [0.3, 0.4) is 0 Å². The lowest BCUT2D eigenvalue weighted by Gasteiger charge is -2.16. The fourth-order valence-corrected chi connectivity index (χ4v) is 2.82. The Morgan fingerprint density at radius 1 is 1.10 bits per heavy atom. The molecule has 0 radical (unpaired) electrons. The molecule has 2 aromatic rings. The summed E-state index contributed by atoms with van der Waals surface area (Å²) in [7, 11) is -1.08. The SMILES string of the molecule is C[Si](C)(C)CCOCOc1ccc2ccccc2c1C=O. The van der Waals surface area contributed by atoms with E-state index in [1.807, 2.05) is 36.4 Å². The standard InChI is InChI=1S/C17H22O3Si/c1-21(2,3)11-10-19-13-20-17-9-8-14-6-4-5-7-15(14)16(17)12-18/h4-9,12H,10-11,13H2,1-3H3. The largest absolute Gasteiger partial charge is 0.467 e. The minimum atomic E-state index is -1.08.